The Morgan fingerprint density at radius 3 is 2.74 bits per heavy atom. The molecule has 2 rings (SSSR count). The summed E-state index contributed by atoms with van der Waals surface area (Å²) in [7, 11) is 0. The van der Waals surface area contributed by atoms with Gasteiger partial charge in [-0.3, -0.25) is 4.79 Å². The number of hydrogen-bond acceptors (Lipinski definition) is 3. The molecule has 2 aromatic rings. The average Bonchev–Trinajstić information content (AvgIpc) is 2.55. The summed E-state index contributed by atoms with van der Waals surface area (Å²) in [4.78, 5) is 12.0. The standard InChI is InChI=1S/C18H17ClN2OS/c1-13(16-5-7-17(19)8-6-16)21-18(22)12-23-11-15-4-2-3-14(9-15)10-20/h2-9,13H,11-12H2,1H3,(H,21,22)/t13-/m0/s1. The molecule has 23 heavy (non-hydrogen) atoms. The van der Waals surface area contributed by atoms with E-state index in [0.29, 0.717) is 22.1 Å². The zero-order valence-corrected chi connectivity index (χ0v) is 14.3. The third-order valence-electron chi connectivity index (χ3n) is 3.31. The van der Waals surface area contributed by atoms with Gasteiger partial charge in [-0.1, -0.05) is 35.9 Å². The van der Waals surface area contributed by atoms with Crippen molar-refractivity contribution in [2.45, 2.75) is 18.7 Å². The lowest BCUT2D eigenvalue weighted by atomic mass is 10.1. The van der Waals surface area contributed by atoms with Crippen LogP contribution in [0, 0.1) is 11.3 Å². The van der Waals surface area contributed by atoms with Gasteiger partial charge in [-0.15, -0.1) is 11.8 Å². The van der Waals surface area contributed by atoms with Gasteiger partial charge in [-0.05, 0) is 42.3 Å². The highest BCUT2D eigenvalue weighted by Gasteiger charge is 2.09. The van der Waals surface area contributed by atoms with E-state index in [1.54, 1.807) is 6.07 Å². The molecule has 0 aliphatic rings. The van der Waals surface area contributed by atoms with Gasteiger partial charge in [0.25, 0.3) is 0 Å². The first-order valence-corrected chi connectivity index (χ1v) is 8.73. The Balaban J connectivity index is 1.78. The van der Waals surface area contributed by atoms with Gasteiger partial charge < -0.3 is 5.32 Å². The summed E-state index contributed by atoms with van der Waals surface area (Å²) in [6, 6.07) is 17.0. The van der Waals surface area contributed by atoms with Crippen molar-refractivity contribution < 1.29 is 4.79 Å². The van der Waals surface area contributed by atoms with E-state index in [4.69, 9.17) is 16.9 Å². The normalized spacial score (nSPS) is 11.5. The van der Waals surface area contributed by atoms with Crippen molar-refractivity contribution in [3.05, 3.63) is 70.2 Å². The van der Waals surface area contributed by atoms with Crippen LogP contribution in [-0.4, -0.2) is 11.7 Å². The smallest absolute Gasteiger partial charge is 0.230 e. The molecule has 0 saturated heterocycles. The van der Waals surface area contributed by atoms with Crippen LogP contribution < -0.4 is 5.32 Å². The lowest BCUT2D eigenvalue weighted by Gasteiger charge is -2.14. The maximum atomic E-state index is 12.0. The van der Waals surface area contributed by atoms with Gasteiger partial charge in [0.15, 0.2) is 0 Å². The second kappa shape index (κ2) is 8.61. The SMILES string of the molecule is C[C@H](NC(=O)CSCc1cccc(C#N)c1)c1ccc(Cl)cc1. The Bertz CT molecular complexity index is 710. The number of nitriles is 1. The predicted octanol–water partition coefficient (Wildman–Crippen LogP) is 4.32. The van der Waals surface area contributed by atoms with Crippen molar-refractivity contribution in [3.8, 4) is 6.07 Å². The number of carbonyl (C=O) groups excluding carboxylic acids is 1. The number of carbonyl (C=O) groups is 1. The summed E-state index contributed by atoms with van der Waals surface area (Å²) in [5, 5.41) is 12.5. The molecule has 1 amide bonds. The van der Waals surface area contributed by atoms with Crippen LogP contribution in [-0.2, 0) is 10.5 Å². The van der Waals surface area contributed by atoms with Crippen LogP contribution in [0.3, 0.4) is 0 Å². The van der Waals surface area contributed by atoms with Crippen LogP contribution in [0.4, 0.5) is 0 Å². The van der Waals surface area contributed by atoms with Gasteiger partial charge in [0.1, 0.15) is 0 Å². The minimum Gasteiger partial charge on any atom is -0.349 e. The average molecular weight is 345 g/mol. The zero-order valence-electron chi connectivity index (χ0n) is 12.8. The second-order valence-corrected chi connectivity index (χ2v) is 6.57. The molecular weight excluding hydrogens is 328 g/mol. The summed E-state index contributed by atoms with van der Waals surface area (Å²) in [6.45, 7) is 1.95. The fourth-order valence-electron chi connectivity index (χ4n) is 2.11. The van der Waals surface area contributed by atoms with Gasteiger partial charge in [-0.25, -0.2) is 0 Å². The number of rotatable bonds is 6. The van der Waals surface area contributed by atoms with E-state index in [-0.39, 0.29) is 11.9 Å². The molecule has 0 saturated carbocycles. The first-order valence-electron chi connectivity index (χ1n) is 7.20. The molecule has 118 valence electrons. The molecule has 0 aliphatic carbocycles. The summed E-state index contributed by atoms with van der Waals surface area (Å²) in [5.74, 6) is 1.08. The number of hydrogen-bond donors (Lipinski definition) is 1. The number of thioether (sulfide) groups is 1. The molecule has 5 heteroatoms. The number of amides is 1. The van der Waals surface area contributed by atoms with E-state index in [1.807, 2.05) is 49.4 Å². The lowest BCUT2D eigenvalue weighted by Crippen LogP contribution is -2.28. The Morgan fingerprint density at radius 1 is 1.30 bits per heavy atom. The van der Waals surface area contributed by atoms with Crippen molar-refractivity contribution in [1.29, 1.82) is 5.26 Å². The van der Waals surface area contributed by atoms with Gasteiger partial charge >= 0.3 is 0 Å². The first-order chi connectivity index (χ1) is 11.1. The van der Waals surface area contributed by atoms with E-state index < -0.39 is 0 Å². The van der Waals surface area contributed by atoms with Crippen LogP contribution >= 0.6 is 23.4 Å². The Labute approximate surface area is 145 Å². The quantitative estimate of drug-likeness (QED) is 0.848. The van der Waals surface area contributed by atoms with Gasteiger partial charge in [0.2, 0.25) is 5.91 Å². The highest BCUT2D eigenvalue weighted by Crippen LogP contribution is 2.17. The molecule has 3 nitrogen and oxygen atoms in total. The van der Waals surface area contributed by atoms with E-state index in [0.717, 1.165) is 11.1 Å². The van der Waals surface area contributed by atoms with Crippen LogP contribution in [0.1, 0.15) is 29.7 Å². The minimum atomic E-state index is -0.0534. The van der Waals surface area contributed by atoms with Gasteiger partial charge in [0, 0.05) is 10.8 Å². The topological polar surface area (TPSA) is 52.9 Å². The van der Waals surface area contributed by atoms with Crippen LogP contribution in [0.2, 0.25) is 5.02 Å². The maximum Gasteiger partial charge on any atom is 0.230 e. The molecule has 0 unspecified atom stereocenters. The lowest BCUT2D eigenvalue weighted by molar-refractivity contribution is -0.119. The van der Waals surface area contributed by atoms with Crippen LogP contribution in [0.15, 0.2) is 48.5 Å². The Kier molecular flexibility index (Phi) is 6.52. The van der Waals surface area contributed by atoms with Crippen molar-refractivity contribution in [1.82, 2.24) is 5.32 Å². The fraction of sp³-hybridized carbons (Fsp3) is 0.222. The van der Waals surface area contributed by atoms with E-state index in [9.17, 15) is 4.79 Å². The Hall–Kier alpha value is -1.96. The molecule has 0 radical (unpaired) electrons. The van der Waals surface area contributed by atoms with Gasteiger partial charge in [-0.2, -0.15) is 5.26 Å². The summed E-state index contributed by atoms with van der Waals surface area (Å²) >= 11 is 7.39. The molecule has 0 bridgehead atoms. The second-order valence-electron chi connectivity index (χ2n) is 5.15. The third-order valence-corrected chi connectivity index (χ3v) is 4.56. The number of nitrogens with zero attached hydrogens (tertiary/aromatic N) is 1. The van der Waals surface area contributed by atoms with E-state index in [1.165, 1.54) is 11.8 Å². The highest BCUT2D eigenvalue weighted by molar-refractivity contribution is 7.99. The van der Waals surface area contributed by atoms with Crippen molar-refractivity contribution in [2.75, 3.05) is 5.75 Å². The Morgan fingerprint density at radius 2 is 2.04 bits per heavy atom. The first kappa shape index (κ1) is 17.4. The molecule has 0 spiro atoms. The fourth-order valence-corrected chi connectivity index (χ4v) is 3.02. The third kappa shape index (κ3) is 5.63. The largest absolute Gasteiger partial charge is 0.349 e. The molecular formula is C18H17ClN2OS. The molecule has 1 N–H and O–H groups in total. The van der Waals surface area contributed by atoms with E-state index in [2.05, 4.69) is 11.4 Å². The van der Waals surface area contributed by atoms with Crippen molar-refractivity contribution in [2.24, 2.45) is 0 Å². The van der Waals surface area contributed by atoms with Crippen LogP contribution in [0.5, 0.6) is 0 Å². The minimum absolute atomic E-state index is 0.00566. The predicted molar refractivity (Wildman–Crippen MR) is 95.3 cm³/mol. The molecule has 1 atom stereocenters. The molecule has 2 aromatic carbocycles. The van der Waals surface area contributed by atoms with Crippen molar-refractivity contribution >= 4 is 29.3 Å². The number of halogens is 1. The zero-order chi connectivity index (χ0) is 16.7. The van der Waals surface area contributed by atoms with E-state index >= 15 is 0 Å². The molecule has 0 fully saturated rings. The van der Waals surface area contributed by atoms with Crippen LogP contribution in [0.25, 0.3) is 0 Å². The maximum absolute atomic E-state index is 12.0. The number of nitrogens with one attached hydrogen (secondary N) is 1. The summed E-state index contributed by atoms with van der Waals surface area (Å²) < 4.78 is 0. The molecule has 0 aliphatic heterocycles. The van der Waals surface area contributed by atoms with Crippen molar-refractivity contribution in [3.63, 3.8) is 0 Å². The number of benzene rings is 2. The summed E-state index contributed by atoms with van der Waals surface area (Å²) in [6.07, 6.45) is 0. The molecule has 0 heterocycles. The molecule has 0 aromatic heterocycles. The monoisotopic (exact) mass is 344 g/mol. The highest BCUT2D eigenvalue weighted by atomic mass is 35.5. The van der Waals surface area contributed by atoms with Gasteiger partial charge in [0.05, 0.1) is 23.4 Å². The summed E-state index contributed by atoms with van der Waals surface area (Å²) in [5.41, 5.74) is 2.71.